The summed E-state index contributed by atoms with van der Waals surface area (Å²) in [7, 11) is 1.39. The number of ether oxygens (including phenoxy) is 1. The molecule has 0 aromatic rings. The fourth-order valence-corrected chi connectivity index (χ4v) is 0.810. The number of methoxy groups -OCH3 is 1. The van der Waals surface area contributed by atoms with Crippen molar-refractivity contribution in [1.29, 1.82) is 0 Å². The van der Waals surface area contributed by atoms with Crippen LogP contribution < -0.4 is 0 Å². The molecule has 6 nitrogen and oxygen atoms in total. The third-order valence-electron chi connectivity index (χ3n) is 1.53. The van der Waals surface area contributed by atoms with Crippen LogP contribution in [0.5, 0.6) is 0 Å². The number of aliphatic carboxylic acids is 2. The summed E-state index contributed by atoms with van der Waals surface area (Å²) < 4.78 is 4.81. The van der Waals surface area contributed by atoms with Crippen LogP contribution in [-0.4, -0.2) is 53.5 Å². The van der Waals surface area contributed by atoms with Gasteiger partial charge in [-0.05, 0) is 6.92 Å². The third-order valence-corrected chi connectivity index (χ3v) is 1.53. The van der Waals surface area contributed by atoms with E-state index in [1.807, 2.05) is 0 Å². The molecule has 13 heavy (non-hydrogen) atoms. The molecular weight excluding hydrogens is 178 g/mol. The van der Waals surface area contributed by atoms with Crippen LogP contribution in [0.4, 0.5) is 0 Å². The Morgan fingerprint density at radius 2 is 1.69 bits per heavy atom. The normalized spacial score (nSPS) is 12.8. The van der Waals surface area contributed by atoms with E-state index in [1.165, 1.54) is 12.0 Å². The van der Waals surface area contributed by atoms with E-state index in [2.05, 4.69) is 0 Å². The molecule has 0 bridgehead atoms. The molecule has 0 spiro atoms. The van der Waals surface area contributed by atoms with Gasteiger partial charge in [-0.25, -0.2) is 0 Å². The predicted octanol–water partition coefficient (Wildman–Crippen LogP) is -0.550. The average Bonchev–Trinajstić information content (AvgIpc) is 2.00. The number of hydrogen-bond acceptors (Lipinski definition) is 4. The van der Waals surface area contributed by atoms with E-state index in [4.69, 9.17) is 14.9 Å². The van der Waals surface area contributed by atoms with Crippen molar-refractivity contribution in [2.24, 2.45) is 0 Å². The molecular formula is C7H13NO5. The highest BCUT2D eigenvalue weighted by atomic mass is 16.5. The molecule has 0 rings (SSSR count). The highest BCUT2D eigenvalue weighted by Gasteiger charge is 2.18. The second kappa shape index (κ2) is 5.50. The van der Waals surface area contributed by atoms with Gasteiger partial charge in [0.25, 0.3) is 0 Å². The lowest BCUT2D eigenvalue weighted by molar-refractivity contribution is -0.147. The summed E-state index contributed by atoms with van der Waals surface area (Å²) >= 11 is 0. The first-order valence-electron chi connectivity index (χ1n) is 3.67. The number of nitrogens with zero attached hydrogens (tertiary/aromatic N) is 1. The Labute approximate surface area is 75.7 Å². The maximum absolute atomic E-state index is 10.3. The van der Waals surface area contributed by atoms with Crippen molar-refractivity contribution >= 4 is 11.9 Å². The Morgan fingerprint density at radius 3 is 1.92 bits per heavy atom. The molecule has 0 saturated heterocycles. The zero-order valence-electron chi connectivity index (χ0n) is 7.56. The van der Waals surface area contributed by atoms with E-state index in [9.17, 15) is 9.59 Å². The van der Waals surface area contributed by atoms with Crippen LogP contribution in [0.3, 0.4) is 0 Å². The monoisotopic (exact) mass is 191 g/mol. The lowest BCUT2D eigenvalue weighted by Gasteiger charge is -2.23. The quantitative estimate of drug-likeness (QED) is 0.548. The van der Waals surface area contributed by atoms with Gasteiger partial charge < -0.3 is 14.9 Å². The smallest absolute Gasteiger partial charge is 0.317 e. The summed E-state index contributed by atoms with van der Waals surface area (Å²) in [6.45, 7) is 0.897. The number of rotatable bonds is 6. The number of carboxylic acid groups (broad SMARTS) is 2. The zero-order chi connectivity index (χ0) is 10.4. The Bertz CT molecular complexity index is 177. The van der Waals surface area contributed by atoms with Crippen molar-refractivity contribution < 1.29 is 24.5 Å². The van der Waals surface area contributed by atoms with Gasteiger partial charge >= 0.3 is 11.9 Å². The first kappa shape index (κ1) is 11.9. The van der Waals surface area contributed by atoms with Crippen molar-refractivity contribution in [2.45, 2.75) is 13.2 Å². The first-order valence-corrected chi connectivity index (χ1v) is 3.67. The number of carbonyl (C=O) groups is 2. The van der Waals surface area contributed by atoms with Crippen molar-refractivity contribution in [2.75, 3.05) is 20.2 Å². The maximum Gasteiger partial charge on any atom is 0.317 e. The summed E-state index contributed by atoms with van der Waals surface area (Å²) in [5, 5.41) is 16.9. The molecule has 1 atom stereocenters. The molecule has 0 fully saturated rings. The topological polar surface area (TPSA) is 87.1 Å². The summed E-state index contributed by atoms with van der Waals surface area (Å²) in [5.41, 5.74) is 0. The van der Waals surface area contributed by atoms with E-state index in [-0.39, 0.29) is 13.1 Å². The lowest BCUT2D eigenvalue weighted by atomic mass is 10.4. The molecule has 0 aliphatic carbocycles. The molecule has 0 amide bonds. The molecule has 0 aromatic heterocycles. The van der Waals surface area contributed by atoms with Crippen LogP contribution in [-0.2, 0) is 14.3 Å². The predicted molar refractivity (Wildman–Crippen MR) is 43.3 cm³/mol. The Kier molecular flexibility index (Phi) is 5.01. The zero-order valence-corrected chi connectivity index (χ0v) is 7.56. The van der Waals surface area contributed by atoms with Crippen LogP contribution >= 0.6 is 0 Å². The maximum atomic E-state index is 10.3. The highest BCUT2D eigenvalue weighted by Crippen LogP contribution is 1.98. The fraction of sp³-hybridized carbons (Fsp3) is 0.714. The van der Waals surface area contributed by atoms with Crippen LogP contribution in [0.2, 0.25) is 0 Å². The van der Waals surface area contributed by atoms with E-state index in [0.717, 1.165) is 0 Å². The summed E-state index contributed by atoms with van der Waals surface area (Å²) in [4.78, 5) is 21.8. The minimum Gasteiger partial charge on any atom is -0.480 e. The Hall–Kier alpha value is -1.14. The van der Waals surface area contributed by atoms with Crippen molar-refractivity contribution in [3.05, 3.63) is 0 Å². The molecule has 0 aliphatic heterocycles. The average molecular weight is 191 g/mol. The van der Waals surface area contributed by atoms with E-state index < -0.39 is 18.2 Å². The molecule has 76 valence electrons. The van der Waals surface area contributed by atoms with Gasteiger partial charge in [-0.15, -0.1) is 0 Å². The van der Waals surface area contributed by atoms with Crippen molar-refractivity contribution in [1.82, 2.24) is 4.90 Å². The lowest BCUT2D eigenvalue weighted by Crippen LogP contribution is -2.41. The first-order chi connectivity index (χ1) is 5.97. The van der Waals surface area contributed by atoms with E-state index in [0.29, 0.717) is 0 Å². The van der Waals surface area contributed by atoms with Crippen LogP contribution in [0.1, 0.15) is 6.92 Å². The Balaban J connectivity index is 4.17. The minimum atomic E-state index is -1.08. The standard InChI is InChI=1S/C7H13NO5/c1-5(13-2)8(3-6(9)10)4-7(11)12/h5H,3-4H2,1-2H3,(H,9,10)(H,11,12). The highest BCUT2D eigenvalue weighted by molar-refractivity contribution is 5.72. The summed E-state index contributed by atoms with van der Waals surface area (Å²) in [6.07, 6.45) is -0.521. The largest absolute Gasteiger partial charge is 0.480 e. The van der Waals surface area contributed by atoms with Crippen LogP contribution in [0.25, 0.3) is 0 Å². The molecule has 0 heterocycles. The van der Waals surface area contributed by atoms with E-state index in [1.54, 1.807) is 6.92 Å². The second-order valence-corrected chi connectivity index (χ2v) is 2.53. The minimum absolute atomic E-state index is 0.346. The van der Waals surface area contributed by atoms with Gasteiger partial charge in [0.2, 0.25) is 0 Å². The van der Waals surface area contributed by atoms with Gasteiger partial charge in [0, 0.05) is 7.11 Å². The molecule has 0 saturated carbocycles. The summed E-state index contributed by atoms with van der Waals surface area (Å²) in [5.74, 6) is -2.16. The van der Waals surface area contributed by atoms with Gasteiger partial charge in [-0.3, -0.25) is 14.5 Å². The molecule has 0 radical (unpaired) electrons. The van der Waals surface area contributed by atoms with Gasteiger partial charge in [-0.2, -0.15) is 0 Å². The van der Waals surface area contributed by atoms with Gasteiger partial charge in [-0.1, -0.05) is 0 Å². The van der Waals surface area contributed by atoms with Crippen LogP contribution in [0, 0.1) is 0 Å². The third kappa shape index (κ3) is 5.15. The van der Waals surface area contributed by atoms with Gasteiger partial charge in [0.05, 0.1) is 13.1 Å². The van der Waals surface area contributed by atoms with Gasteiger partial charge in [0.1, 0.15) is 6.23 Å². The van der Waals surface area contributed by atoms with Crippen molar-refractivity contribution in [3.8, 4) is 0 Å². The Morgan fingerprint density at radius 1 is 1.31 bits per heavy atom. The second-order valence-electron chi connectivity index (χ2n) is 2.53. The molecule has 6 heteroatoms. The fourth-order valence-electron chi connectivity index (χ4n) is 0.810. The number of carboxylic acids is 2. The SMILES string of the molecule is COC(C)N(CC(=O)O)CC(=O)O. The molecule has 0 aromatic carbocycles. The number of hydrogen-bond donors (Lipinski definition) is 2. The van der Waals surface area contributed by atoms with Gasteiger partial charge in [0.15, 0.2) is 0 Å². The van der Waals surface area contributed by atoms with Crippen molar-refractivity contribution in [3.63, 3.8) is 0 Å². The summed E-state index contributed by atoms with van der Waals surface area (Å²) in [6, 6.07) is 0. The van der Waals surface area contributed by atoms with E-state index >= 15 is 0 Å². The molecule has 2 N–H and O–H groups in total. The van der Waals surface area contributed by atoms with Crippen LogP contribution in [0.15, 0.2) is 0 Å². The molecule has 1 unspecified atom stereocenters. The molecule has 0 aliphatic rings.